The van der Waals surface area contributed by atoms with Crippen molar-refractivity contribution < 1.29 is 27.4 Å². The molecule has 0 fully saturated rings. The Morgan fingerprint density at radius 2 is 2.00 bits per heavy atom. The first kappa shape index (κ1) is 19.7. The van der Waals surface area contributed by atoms with Crippen LogP contribution in [0.5, 0.6) is 0 Å². The summed E-state index contributed by atoms with van der Waals surface area (Å²) in [5, 5.41) is 20.3. The van der Waals surface area contributed by atoms with Gasteiger partial charge in [0.05, 0.1) is 11.4 Å². The second-order valence-electron chi connectivity index (χ2n) is 5.79. The van der Waals surface area contributed by atoms with Crippen LogP contribution in [0.3, 0.4) is 0 Å². The van der Waals surface area contributed by atoms with Crippen LogP contribution < -0.4 is 4.73 Å². The van der Waals surface area contributed by atoms with E-state index in [0.717, 1.165) is 40.8 Å². The third-order valence-electron chi connectivity index (χ3n) is 3.84. The third kappa shape index (κ3) is 3.80. The molecule has 11 heteroatoms. The monoisotopic (exact) mass is 423 g/mol. The van der Waals surface area contributed by atoms with Gasteiger partial charge in [-0.1, -0.05) is 0 Å². The number of thiophene rings is 1. The highest BCUT2D eigenvalue weighted by atomic mass is 32.2. The largest absolute Gasteiger partial charge is 0.619 e. The van der Waals surface area contributed by atoms with Gasteiger partial charge in [0.1, 0.15) is 4.21 Å². The first-order chi connectivity index (χ1) is 13.2. The fourth-order valence-electron chi connectivity index (χ4n) is 2.46. The number of pyridine rings is 2. The molecule has 0 aliphatic heterocycles. The van der Waals surface area contributed by atoms with Crippen molar-refractivity contribution in [3.05, 3.63) is 65.0 Å². The summed E-state index contributed by atoms with van der Waals surface area (Å²) in [5.41, 5.74) is 0.0691. The summed E-state index contributed by atoms with van der Waals surface area (Å²) in [6.45, 7) is -0.0697. The van der Waals surface area contributed by atoms with E-state index in [9.17, 15) is 22.8 Å². The SMILES string of the molecule is CN(Cc1cc(-c2cccnc2F)c(S(=O)(=O)c2cc[n+]([O-])cc2)s1)C(=O)O. The maximum absolute atomic E-state index is 14.2. The van der Waals surface area contributed by atoms with Crippen molar-refractivity contribution in [3.8, 4) is 11.1 Å². The van der Waals surface area contributed by atoms with E-state index < -0.39 is 21.9 Å². The number of nitrogens with zero attached hydrogens (tertiary/aromatic N) is 3. The van der Waals surface area contributed by atoms with E-state index in [-0.39, 0.29) is 26.8 Å². The van der Waals surface area contributed by atoms with Crippen LogP contribution in [0.2, 0.25) is 0 Å². The molecule has 28 heavy (non-hydrogen) atoms. The molecule has 3 heterocycles. The molecule has 8 nitrogen and oxygen atoms in total. The molecular weight excluding hydrogens is 409 g/mol. The molecule has 0 bridgehead atoms. The lowest BCUT2D eigenvalue weighted by molar-refractivity contribution is -0.605. The van der Waals surface area contributed by atoms with Gasteiger partial charge in [-0.05, 0) is 18.2 Å². The molecule has 146 valence electrons. The van der Waals surface area contributed by atoms with Crippen LogP contribution in [0.4, 0.5) is 9.18 Å². The van der Waals surface area contributed by atoms with Gasteiger partial charge in [0, 0.05) is 41.4 Å². The van der Waals surface area contributed by atoms with Crippen molar-refractivity contribution >= 4 is 27.3 Å². The zero-order valence-corrected chi connectivity index (χ0v) is 16.1. The number of sulfone groups is 1. The number of hydrogen-bond donors (Lipinski definition) is 1. The second kappa shape index (κ2) is 7.52. The normalized spacial score (nSPS) is 11.4. The number of rotatable bonds is 5. The highest BCUT2D eigenvalue weighted by Gasteiger charge is 2.28. The molecular formula is C17H14FN3O5S2. The Labute approximate surface area is 163 Å². The minimum Gasteiger partial charge on any atom is -0.619 e. The number of halogens is 1. The molecule has 0 saturated heterocycles. The Bertz CT molecular complexity index is 1130. The van der Waals surface area contributed by atoms with Crippen molar-refractivity contribution in [1.29, 1.82) is 0 Å². The van der Waals surface area contributed by atoms with E-state index in [1.807, 2.05) is 0 Å². The van der Waals surface area contributed by atoms with Gasteiger partial charge in [-0.25, -0.2) is 18.2 Å². The second-order valence-corrected chi connectivity index (χ2v) is 9.07. The summed E-state index contributed by atoms with van der Waals surface area (Å²) in [4.78, 5) is 15.9. The molecule has 0 aromatic carbocycles. The molecule has 0 unspecified atom stereocenters. The van der Waals surface area contributed by atoms with Gasteiger partial charge < -0.3 is 15.2 Å². The molecule has 3 rings (SSSR count). The van der Waals surface area contributed by atoms with Crippen LogP contribution in [0.25, 0.3) is 11.1 Å². The fourth-order valence-corrected chi connectivity index (χ4v) is 5.62. The van der Waals surface area contributed by atoms with Crippen molar-refractivity contribution in [1.82, 2.24) is 9.88 Å². The third-order valence-corrected chi connectivity index (χ3v) is 7.27. The quantitative estimate of drug-likeness (QED) is 0.383. The highest BCUT2D eigenvalue weighted by Crippen LogP contribution is 2.39. The number of carbonyl (C=O) groups is 1. The van der Waals surface area contributed by atoms with Crippen LogP contribution in [-0.2, 0) is 16.4 Å². The average Bonchev–Trinajstić information content (AvgIpc) is 3.06. The molecule has 0 radical (unpaired) electrons. The summed E-state index contributed by atoms with van der Waals surface area (Å²) < 4.78 is 40.8. The Balaban J connectivity index is 2.18. The van der Waals surface area contributed by atoms with Crippen LogP contribution in [0.15, 0.2) is 58.0 Å². The van der Waals surface area contributed by atoms with Gasteiger partial charge in [-0.2, -0.15) is 9.12 Å². The predicted molar refractivity (Wildman–Crippen MR) is 97.9 cm³/mol. The van der Waals surface area contributed by atoms with Crippen molar-refractivity contribution in [2.24, 2.45) is 0 Å². The Morgan fingerprint density at radius 1 is 1.32 bits per heavy atom. The molecule has 3 aromatic rings. The van der Waals surface area contributed by atoms with Gasteiger partial charge >= 0.3 is 6.09 Å². The molecule has 1 amide bonds. The predicted octanol–water partition coefficient (Wildman–Crippen LogP) is 2.53. The molecule has 0 spiro atoms. The van der Waals surface area contributed by atoms with E-state index in [1.54, 1.807) is 0 Å². The zero-order valence-electron chi connectivity index (χ0n) is 14.4. The minimum atomic E-state index is -4.08. The van der Waals surface area contributed by atoms with E-state index >= 15 is 0 Å². The summed E-state index contributed by atoms with van der Waals surface area (Å²) >= 11 is 0.842. The summed E-state index contributed by atoms with van der Waals surface area (Å²) in [6.07, 6.45) is 2.14. The Hall–Kier alpha value is -3.05. The standard InChI is InChI=1S/C17H14FN3O5S2/c1-20(17(22)23)10-11-9-14(13-3-2-6-19-15(13)18)16(27-11)28(25,26)12-4-7-21(24)8-5-12/h2-9H,10H2,1H3,(H,22,23). The van der Waals surface area contributed by atoms with Crippen LogP contribution in [0.1, 0.15) is 4.88 Å². The fraction of sp³-hybridized carbons (Fsp3) is 0.118. The summed E-state index contributed by atoms with van der Waals surface area (Å²) in [5.74, 6) is -0.847. The topological polar surface area (TPSA) is 115 Å². The molecule has 0 aliphatic rings. The minimum absolute atomic E-state index is 0.0172. The molecule has 0 atom stereocenters. The molecule has 0 saturated carbocycles. The van der Waals surface area contributed by atoms with Gasteiger partial charge in [-0.3, -0.25) is 0 Å². The maximum atomic E-state index is 14.2. The van der Waals surface area contributed by atoms with E-state index in [2.05, 4.69) is 4.98 Å². The van der Waals surface area contributed by atoms with Crippen molar-refractivity contribution in [3.63, 3.8) is 0 Å². The Kier molecular flexibility index (Phi) is 5.29. The van der Waals surface area contributed by atoms with E-state index in [1.165, 1.54) is 31.4 Å². The number of hydrogen-bond acceptors (Lipinski definition) is 6. The first-order valence-electron chi connectivity index (χ1n) is 7.81. The van der Waals surface area contributed by atoms with E-state index in [0.29, 0.717) is 9.61 Å². The number of aromatic nitrogens is 2. The lowest BCUT2D eigenvalue weighted by Crippen LogP contribution is -2.24. The van der Waals surface area contributed by atoms with Crippen LogP contribution in [-0.4, -0.2) is 36.5 Å². The maximum Gasteiger partial charge on any atom is 0.407 e. The highest BCUT2D eigenvalue weighted by molar-refractivity contribution is 7.93. The van der Waals surface area contributed by atoms with Gasteiger partial charge in [0.2, 0.25) is 15.8 Å². The molecule has 0 aliphatic carbocycles. The number of amides is 1. The summed E-state index contributed by atoms with van der Waals surface area (Å²) in [6, 6.07) is 6.60. The van der Waals surface area contributed by atoms with Crippen molar-refractivity contribution in [2.75, 3.05) is 7.05 Å². The lowest BCUT2D eigenvalue weighted by Gasteiger charge is -2.10. The van der Waals surface area contributed by atoms with Gasteiger partial charge in [0.25, 0.3) is 0 Å². The van der Waals surface area contributed by atoms with Crippen LogP contribution >= 0.6 is 11.3 Å². The molecule has 1 N–H and O–H groups in total. The smallest absolute Gasteiger partial charge is 0.407 e. The van der Waals surface area contributed by atoms with Gasteiger partial charge in [0.15, 0.2) is 12.4 Å². The van der Waals surface area contributed by atoms with Gasteiger partial charge in [-0.15, -0.1) is 11.3 Å². The summed E-state index contributed by atoms with van der Waals surface area (Å²) in [7, 11) is -2.74. The number of carboxylic acid groups (broad SMARTS) is 1. The zero-order chi connectivity index (χ0) is 20.5. The molecule has 3 aromatic heterocycles. The van der Waals surface area contributed by atoms with Crippen molar-refractivity contribution in [2.45, 2.75) is 15.6 Å². The van der Waals surface area contributed by atoms with Crippen LogP contribution in [0, 0.1) is 11.2 Å². The lowest BCUT2D eigenvalue weighted by atomic mass is 10.1. The first-order valence-corrected chi connectivity index (χ1v) is 10.1. The average molecular weight is 423 g/mol. The Morgan fingerprint density at radius 3 is 2.61 bits per heavy atom. The van der Waals surface area contributed by atoms with E-state index in [4.69, 9.17) is 5.11 Å².